The number of thiophene rings is 1. The van der Waals surface area contributed by atoms with Crippen molar-refractivity contribution < 1.29 is 4.79 Å². The van der Waals surface area contributed by atoms with Crippen LogP contribution in [0.4, 0.5) is 0 Å². The number of hydrogen-bond donors (Lipinski definition) is 2. The van der Waals surface area contributed by atoms with Crippen LogP contribution in [0.1, 0.15) is 43.4 Å². The van der Waals surface area contributed by atoms with E-state index < -0.39 is 0 Å². The van der Waals surface area contributed by atoms with Crippen LogP contribution in [-0.2, 0) is 4.79 Å². The highest BCUT2D eigenvalue weighted by Crippen LogP contribution is 2.29. The van der Waals surface area contributed by atoms with Crippen molar-refractivity contribution in [1.82, 2.24) is 5.32 Å². The molecule has 19 heavy (non-hydrogen) atoms. The van der Waals surface area contributed by atoms with Gasteiger partial charge in [0, 0.05) is 17.0 Å². The van der Waals surface area contributed by atoms with Gasteiger partial charge >= 0.3 is 0 Å². The molecule has 1 aromatic rings. The van der Waals surface area contributed by atoms with Crippen molar-refractivity contribution >= 4 is 45.6 Å². The largest absolute Gasteiger partial charge is 0.353 e. The van der Waals surface area contributed by atoms with Gasteiger partial charge < -0.3 is 11.1 Å². The summed E-state index contributed by atoms with van der Waals surface area (Å²) in [6.45, 7) is 1.96. The molecule has 1 aliphatic rings. The summed E-state index contributed by atoms with van der Waals surface area (Å²) in [7, 11) is 0. The first-order valence-electron chi connectivity index (χ1n) is 6.37. The number of amides is 1. The number of carbonyl (C=O) groups is 1. The van der Waals surface area contributed by atoms with Gasteiger partial charge in [0.05, 0.1) is 9.70 Å². The maximum absolute atomic E-state index is 12.2. The van der Waals surface area contributed by atoms with E-state index in [4.69, 9.17) is 5.73 Å². The Morgan fingerprint density at radius 1 is 1.42 bits per heavy atom. The average molecular weight is 368 g/mol. The van der Waals surface area contributed by atoms with Crippen molar-refractivity contribution in [3.05, 3.63) is 20.8 Å². The lowest BCUT2D eigenvalue weighted by Gasteiger charge is -2.27. The van der Waals surface area contributed by atoms with Crippen molar-refractivity contribution in [1.29, 1.82) is 0 Å². The highest BCUT2D eigenvalue weighted by atomic mass is 79.9. The van der Waals surface area contributed by atoms with Crippen LogP contribution in [0.25, 0.3) is 0 Å². The summed E-state index contributed by atoms with van der Waals surface area (Å²) < 4.78 is 1.07. The average Bonchev–Trinajstić information content (AvgIpc) is 2.78. The fraction of sp³-hybridized carbons (Fsp3) is 0.615. The maximum Gasteiger partial charge on any atom is 0.228 e. The molecule has 0 aromatic carbocycles. The molecule has 0 saturated heterocycles. The second kappa shape index (κ2) is 7.62. The van der Waals surface area contributed by atoms with Gasteiger partial charge in [-0.05, 0) is 60.7 Å². The second-order valence-electron chi connectivity index (χ2n) is 4.98. The Morgan fingerprint density at radius 2 is 2.05 bits per heavy atom. The Kier molecular flexibility index (Phi) is 6.80. The fourth-order valence-electron chi connectivity index (χ4n) is 2.28. The molecule has 1 unspecified atom stereocenters. The Morgan fingerprint density at radius 3 is 2.58 bits per heavy atom. The molecule has 1 atom stereocenters. The van der Waals surface area contributed by atoms with E-state index in [0.29, 0.717) is 12.1 Å². The quantitative estimate of drug-likeness (QED) is 0.860. The molecule has 6 heteroatoms. The standard InChI is InChI=1S/C13H19BrN2OS.ClH/c1-8(11-6-7-12(14)18-11)13(17)16-10-4-2-9(15)3-5-10;/h6-10H,2-5,15H2,1H3,(H,16,17);1H. The molecule has 1 fully saturated rings. The summed E-state index contributed by atoms with van der Waals surface area (Å²) in [4.78, 5) is 13.3. The molecular weight excluding hydrogens is 348 g/mol. The lowest BCUT2D eigenvalue weighted by Crippen LogP contribution is -2.41. The summed E-state index contributed by atoms with van der Waals surface area (Å²) in [5.74, 6) is 0.0571. The number of nitrogens with one attached hydrogen (secondary N) is 1. The minimum Gasteiger partial charge on any atom is -0.353 e. The maximum atomic E-state index is 12.2. The molecule has 2 rings (SSSR count). The third-order valence-corrected chi connectivity index (χ3v) is 5.34. The summed E-state index contributed by atoms with van der Waals surface area (Å²) in [5, 5.41) is 3.14. The summed E-state index contributed by atoms with van der Waals surface area (Å²) >= 11 is 5.05. The van der Waals surface area contributed by atoms with Gasteiger partial charge in [-0.1, -0.05) is 0 Å². The van der Waals surface area contributed by atoms with Crippen LogP contribution in [0.5, 0.6) is 0 Å². The number of halogens is 2. The van der Waals surface area contributed by atoms with Gasteiger partial charge in [-0.15, -0.1) is 23.7 Å². The highest BCUT2D eigenvalue weighted by molar-refractivity contribution is 9.11. The molecular formula is C13H20BrClN2OS. The van der Waals surface area contributed by atoms with Gasteiger partial charge in [-0.2, -0.15) is 0 Å². The molecule has 3 nitrogen and oxygen atoms in total. The monoisotopic (exact) mass is 366 g/mol. The molecule has 108 valence electrons. The minimum atomic E-state index is -0.0723. The zero-order chi connectivity index (χ0) is 13.1. The number of hydrogen-bond acceptors (Lipinski definition) is 3. The van der Waals surface area contributed by atoms with Gasteiger partial charge in [0.1, 0.15) is 0 Å². The van der Waals surface area contributed by atoms with Crippen LogP contribution in [0.3, 0.4) is 0 Å². The predicted molar refractivity (Wildman–Crippen MR) is 86.1 cm³/mol. The lowest BCUT2D eigenvalue weighted by molar-refractivity contribution is -0.123. The van der Waals surface area contributed by atoms with Crippen LogP contribution in [0.2, 0.25) is 0 Å². The third kappa shape index (κ3) is 4.74. The van der Waals surface area contributed by atoms with Crippen molar-refractivity contribution in [2.45, 2.75) is 50.6 Å². The molecule has 1 aliphatic carbocycles. The van der Waals surface area contributed by atoms with Crippen LogP contribution >= 0.6 is 39.7 Å². The van der Waals surface area contributed by atoms with Gasteiger partial charge in [-0.25, -0.2) is 0 Å². The van der Waals surface area contributed by atoms with E-state index in [0.717, 1.165) is 34.3 Å². The summed E-state index contributed by atoms with van der Waals surface area (Å²) in [5.41, 5.74) is 5.87. The number of rotatable bonds is 3. The highest BCUT2D eigenvalue weighted by Gasteiger charge is 2.23. The van der Waals surface area contributed by atoms with Gasteiger partial charge in [0.2, 0.25) is 5.91 Å². The van der Waals surface area contributed by atoms with E-state index in [1.54, 1.807) is 11.3 Å². The van der Waals surface area contributed by atoms with Crippen LogP contribution in [-0.4, -0.2) is 18.0 Å². The van der Waals surface area contributed by atoms with Crippen LogP contribution in [0.15, 0.2) is 15.9 Å². The summed E-state index contributed by atoms with van der Waals surface area (Å²) in [6, 6.07) is 4.63. The SMILES string of the molecule is CC(C(=O)NC1CCC(N)CC1)c1ccc(Br)s1.Cl. The number of carbonyl (C=O) groups excluding carboxylic acids is 1. The Labute approximate surface area is 132 Å². The van der Waals surface area contributed by atoms with Crippen molar-refractivity contribution in [3.63, 3.8) is 0 Å². The first kappa shape index (κ1) is 17.0. The fourth-order valence-corrected chi connectivity index (χ4v) is 3.75. The molecule has 1 heterocycles. The van der Waals surface area contributed by atoms with Crippen molar-refractivity contribution in [2.75, 3.05) is 0 Å². The second-order valence-corrected chi connectivity index (χ2v) is 7.48. The van der Waals surface area contributed by atoms with Crippen molar-refractivity contribution in [2.24, 2.45) is 5.73 Å². The van der Waals surface area contributed by atoms with E-state index in [1.165, 1.54) is 0 Å². The smallest absolute Gasteiger partial charge is 0.228 e. The van der Waals surface area contributed by atoms with E-state index >= 15 is 0 Å². The molecule has 0 radical (unpaired) electrons. The first-order valence-corrected chi connectivity index (χ1v) is 7.98. The first-order chi connectivity index (χ1) is 8.56. The molecule has 1 aromatic heterocycles. The third-order valence-electron chi connectivity index (χ3n) is 3.53. The molecule has 1 saturated carbocycles. The lowest BCUT2D eigenvalue weighted by atomic mass is 9.91. The Bertz CT molecular complexity index is 419. The van der Waals surface area contributed by atoms with Gasteiger partial charge in [0.15, 0.2) is 0 Å². The van der Waals surface area contributed by atoms with E-state index in [1.807, 2.05) is 19.1 Å². The van der Waals surface area contributed by atoms with Crippen LogP contribution in [0, 0.1) is 0 Å². The molecule has 3 N–H and O–H groups in total. The van der Waals surface area contributed by atoms with E-state index in [9.17, 15) is 4.79 Å². The van der Waals surface area contributed by atoms with Gasteiger partial charge in [-0.3, -0.25) is 4.79 Å². The van der Waals surface area contributed by atoms with Crippen LogP contribution < -0.4 is 11.1 Å². The topological polar surface area (TPSA) is 55.1 Å². The van der Waals surface area contributed by atoms with Gasteiger partial charge in [0.25, 0.3) is 0 Å². The molecule has 0 bridgehead atoms. The van der Waals surface area contributed by atoms with Crippen molar-refractivity contribution in [3.8, 4) is 0 Å². The Hall–Kier alpha value is -0.100. The van der Waals surface area contributed by atoms with E-state index in [2.05, 4.69) is 21.2 Å². The zero-order valence-electron chi connectivity index (χ0n) is 10.9. The Balaban J connectivity index is 0.00000180. The molecule has 0 spiro atoms. The number of nitrogens with two attached hydrogens (primary N) is 1. The summed E-state index contributed by atoms with van der Waals surface area (Å²) in [6.07, 6.45) is 4.05. The van der Waals surface area contributed by atoms with E-state index in [-0.39, 0.29) is 24.2 Å². The minimum absolute atomic E-state index is 0. The molecule has 1 amide bonds. The molecule has 0 aliphatic heterocycles. The zero-order valence-corrected chi connectivity index (χ0v) is 14.1. The normalized spacial score (nSPS) is 24.4. The predicted octanol–water partition coefficient (Wildman–Crippen LogP) is 3.42.